The van der Waals surface area contributed by atoms with Crippen LogP contribution in [0.3, 0.4) is 0 Å². The van der Waals surface area contributed by atoms with Crippen LogP contribution in [0.25, 0.3) is 11.3 Å². The Labute approximate surface area is 209 Å². The molecule has 0 saturated heterocycles. The van der Waals surface area contributed by atoms with Gasteiger partial charge in [-0.15, -0.1) is 13.2 Å². The third-order valence-corrected chi connectivity index (χ3v) is 6.21. The van der Waals surface area contributed by atoms with Crippen molar-refractivity contribution in [2.45, 2.75) is 11.3 Å². The summed E-state index contributed by atoms with van der Waals surface area (Å²) < 4.78 is 68.8. The van der Waals surface area contributed by atoms with E-state index in [0.29, 0.717) is 18.8 Å². The van der Waals surface area contributed by atoms with Crippen LogP contribution in [0.5, 0.6) is 5.75 Å². The summed E-state index contributed by atoms with van der Waals surface area (Å²) in [5.41, 5.74) is 11.1. The molecule has 0 aliphatic rings. The maximum atomic E-state index is 13.1. The summed E-state index contributed by atoms with van der Waals surface area (Å²) in [5, 5.41) is 5.26. The second-order valence-corrected chi connectivity index (χ2v) is 9.32. The number of halogens is 3. The minimum Gasteiger partial charge on any atom is -0.404 e. The number of ether oxygens (including phenoxy) is 1. The first-order valence-corrected chi connectivity index (χ1v) is 12.2. The number of hydrogen-bond acceptors (Lipinski definition) is 10. The standard InChI is InChI=1S/C22H22F3N7O4S/c23-22(24,25)36-17-11-14(4-5-18(17)37(34,35)10-2-8-28-9-6-26)16-13-30-20(27)19(32-16)21(33)31-15-3-1-7-29-12-15/h1-5,7-8,11-13,28H,6,9-10,26H2,(H2,27,30)(H,31,33). The minimum absolute atomic E-state index is 0.00119. The van der Waals surface area contributed by atoms with Gasteiger partial charge in [-0.3, -0.25) is 9.78 Å². The maximum Gasteiger partial charge on any atom is 0.573 e. The van der Waals surface area contributed by atoms with Crippen molar-refractivity contribution < 1.29 is 31.1 Å². The lowest BCUT2D eigenvalue weighted by Gasteiger charge is -2.15. The van der Waals surface area contributed by atoms with Gasteiger partial charge in [0.25, 0.3) is 5.91 Å². The van der Waals surface area contributed by atoms with Gasteiger partial charge in [0.1, 0.15) is 10.6 Å². The number of rotatable bonds is 10. The van der Waals surface area contributed by atoms with E-state index >= 15 is 0 Å². The van der Waals surface area contributed by atoms with Crippen molar-refractivity contribution >= 4 is 27.2 Å². The summed E-state index contributed by atoms with van der Waals surface area (Å²) in [4.78, 5) is 23.8. The van der Waals surface area contributed by atoms with Gasteiger partial charge in [0.2, 0.25) is 0 Å². The van der Waals surface area contributed by atoms with Gasteiger partial charge < -0.3 is 26.8 Å². The Morgan fingerprint density at radius 1 is 1.19 bits per heavy atom. The molecule has 2 aromatic heterocycles. The molecule has 0 spiro atoms. The number of alkyl halides is 3. The highest BCUT2D eigenvalue weighted by Gasteiger charge is 2.34. The average molecular weight is 538 g/mol. The van der Waals surface area contributed by atoms with Gasteiger partial charge >= 0.3 is 6.36 Å². The molecular formula is C22H22F3N7O4S. The van der Waals surface area contributed by atoms with Crippen LogP contribution >= 0.6 is 0 Å². The predicted octanol–water partition coefficient (Wildman–Crippen LogP) is 2.11. The highest BCUT2D eigenvalue weighted by atomic mass is 32.2. The minimum atomic E-state index is -5.18. The van der Waals surface area contributed by atoms with Crippen LogP contribution in [0.2, 0.25) is 0 Å². The van der Waals surface area contributed by atoms with Crippen LogP contribution in [0, 0.1) is 0 Å². The third-order valence-electron chi connectivity index (χ3n) is 4.58. The molecule has 0 atom stereocenters. The molecule has 0 radical (unpaired) electrons. The number of hydrogen-bond donors (Lipinski definition) is 4. The Hall–Kier alpha value is -4.24. The molecule has 0 bridgehead atoms. The normalized spacial score (nSPS) is 11.9. The van der Waals surface area contributed by atoms with E-state index in [1.54, 1.807) is 12.1 Å². The molecule has 1 amide bonds. The van der Waals surface area contributed by atoms with Crippen LogP contribution in [-0.4, -0.2) is 54.5 Å². The number of nitrogen functional groups attached to an aromatic ring is 1. The van der Waals surface area contributed by atoms with Crippen LogP contribution in [-0.2, 0) is 9.84 Å². The Bertz CT molecular complexity index is 1380. The number of carbonyl (C=O) groups excluding carboxylic acids is 1. The summed E-state index contributed by atoms with van der Waals surface area (Å²) in [6, 6.07) is 6.18. The molecule has 2 heterocycles. The first-order valence-electron chi connectivity index (χ1n) is 10.6. The largest absolute Gasteiger partial charge is 0.573 e. The molecule has 0 aliphatic carbocycles. The molecule has 11 nitrogen and oxygen atoms in total. The molecule has 0 fully saturated rings. The number of aromatic nitrogens is 3. The van der Waals surface area contributed by atoms with E-state index in [2.05, 4.69) is 30.3 Å². The zero-order valence-electron chi connectivity index (χ0n) is 19.1. The summed E-state index contributed by atoms with van der Waals surface area (Å²) >= 11 is 0. The zero-order chi connectivity index (χ0) is 27.1. The zero-order valence-corrected chi connectivity index (χ0v) is 19.9. The first kappa shape index (κ1) is 27.3. The fourth-order valence-corrected chi connectivity index (χ4v) is 4.19. The van der Waals surface area contributed by atoms with Crippen molar-refractivity contribution in [3.05, 3.63) is 66.9 Å². The van der Waals surface area contributed by atoms with Crippen LogP contribution in [0.4, 0.5) is 24.7 Å². The van der Waals surface area contributed by atoms with Gasteiger partial charge in [0.15, 0.2) is 21.3 Å². The van der Waals surface area contributed by atoms with Crippen LogP contribution in [0.15, 0.2) is 66.1 Å². The number of benzene rings is 1. The number of nitrogens with one attached hydrogen (secondary N) is 2. The highest BCUT2D eigenvalue weighted by molar-refractivity contribution is 7.91. The number of nitrogens with two attached hydrogens (primary N) is 2. The van der Waals surface area contributed by atoms with Gasteiger partial charge in [-0.2, -0.15) is 0 Å². The van der Waals surface area contributed by atoms with Crippen molar-refractivity contribution in [2.24, 2.45) is 5.73 Å². The maximum absolute atomic E-state index is 13.1. The Balaban J connectivity index is 1.96. The van der Waals surface area contributed by atoms with E-state index < -0.39 is 38.5 Å². The third kappa shape index (κ3) is 7.62. The van der Waals surface area contributed by atoms with Gasteiger partial charge in [0.05, 0.1) is 29.5 Å². The second kappa shape index (κ2) is 11.7. The number of anilines is 2. The Morgan fingerprint density at radius 3 is 2.65 bits per heavy atom. The van der Waals surface area contributed by atoms with E-state index in [1.807, 2.05) is 0 Å². The van der Waals surface area contributed by atoms with Gasteiger partial charge in [-0.1, -0.05) is 12.1 Å². The summed E-state index contributed by atoms with van der Waals surface area (Å²) in [7, 11) is -4.22. The van der Waals surface area contributed by atoms with Crippen molar-refractivity contribution in [3.8, 4) is 17.0 Å². The molecule has 0 saturated carbocycles. The average Bonchev–Trinajstić information content (AvgIpc) is 2.83. The summed E-state index contributed by atoms with van der Waals surface area (Å²) in [5.74, 6) is -2.53. The predicted molar refractivity (Wildman–Crippen MR) is 129 cm³/mol. The van der Waals surface area contributed by atoms with E-state index in [1.165, 1.54) is 30.7 Å². The molecular weight excluding hydrogens is 515 g/mol. The number of carbonyl (C=O) groups is 1. The SMILES string of the molecule is NCCNC=CCS(=O)(=O)c1ccc(-c2cnc(N)c(C(=O)Nc3cccnc3)n2)cc1OC(F)(F)F. The molecule has 0 unspecified atom stereocenters. The fourth-order valence-electron chi connectivity index (χ4n) is 2.97. The van der Waals surface area contributed by atoms with Gasteiger partial charge in [-0.05, 0) is 30.5 Å². The number of pyridine rings is 1. The molecule has 0 aliphatic heterocycles. The molecule has 1 aromatic carbocycles. The lowest BCUT2D eigenvalue weighted by atomic mass is 10.1. The first-order chi connectivity index (χ1) is 17.5. The molecule has 3 rings (SSSR count). The van der Waals surface area contributed by atoms with Gasteiger partial charge in [-0.25, -0.2) is 18.4 Å². The lowest BCUT2D eigenvalue weighted by Crippen LogP contribution is -2.20. The molecule has 37 heavy (non-hydrogen) atoms. The van der Waals surface area contributed by atoms with Crippen molar-refractivity contribution in [3.63, 3.8) is 0 Å². The summed E-state index contributed by atoms with van der Waals surface area (Å²) in [6.45, 7) is 0.696. The van der Waals surface area contributed by atoms with Crippen molar-refractivity contribution in [1.29, 1.82) is 0 Å². The van der Waals surface area contributed by atoms with Crippen molar-refractivity contribution in [1.82, 2.24) is 20.3 Å². The number of amides is 1. The topological polar surface area (TPSA) is 175 Å². The molecule has 3 aromatic rings. The molecule has 15 heteroatoms. The number of nitrogens with zero attached hydrogens (tertiary/aromatic N) is 3. The van der Waals surface area contributed by atoms with E-state index in [4.69, 9.17) is 11.5 Å². The van der Waals surface area contributed by atoms with E-state index in [9.17, 15) is 26.4 Å². The van der Waals surface area contributed by atoms with Gasteiger partial charge in [0, 0.05) is 24.8 Å². The Morgan fingerprint density at radius 2 is 1.97 bits per heavy atom. The Kier molecular flexibility index (Phi) is 8.62. The lowest BCUT2D eigenvalue weighted by molar-refractivity contribution is -0.275. The fraction of sp³-hybridized carbons (Fsp3) is 0.182. The van der Waals surface area contributed by atoms with E-state index in [0.717, 1.165) is 18.3 Å². The second-order valence-electron chi connectivity index (χ2n) is 7.32. The smallest absolute Gasteiger partial charge is 0.404 e. The highest BCUT2D eigenvalue weighted by Crippen LogP contribution is 2.34. The van der Waals surface area contributed by atoms with Crippen LogP contribution in [0.1, 0.15) is 10.5 Å². The van der Waals surface area contributed by atoms with E-state index in [-0.39, 0.29) is 22.8 Å². The van der Waals surface area contributed by atoms with Crippen molar-refractivity contribution in [2.75, 3.05) is 29.9 Å². The monoisotopic (exact) mass is 537 g/mol. The summed E-state index contributed by atoms with van der Waals surface area (Å²) in [6.07, 6.45) is 1.41. The quantitative estimate of drug-likeness (QED) is 0.280. The molecule has 6 N–H and O–H groups in total. The van der Waals surface area contributed by atoms with Crippen LogP contribution < -0.4 is 26.8 Å². The number of sulfone groups is 1. The molecule has 196 valence electrons.